The van der Waals surface area contributed by atoms with Crippen molar-refractivity contribution in [3.05, 3.63) is 102 Å². The number of hydrogen-bond donors (Lipinski definition) is 1. The van der Waals surface area contributed by atoms with Gasteiger partial charge in [0.15, 0.2) is 0 Å². The Kier molecular flexibility index (Phi) is 7.95. The van der Waals surface area contributed by atoms with Gasteiger partial charge in [-0.15, -0.1) is 0 Å². The van der Waals surface area contributed by atoms with Crippen molar-refractivity contribution in [2.24, 2.45) is 5.10 Å². The van der Waals surface area contributed by atoms with Crippen LogP contribution < -0.4 is 5.43 Å². The molecule has 0 spiro atoms. The molecular weight excluding hydrogens is 410 g/mol. The van der Waals surface area contributed by atoms with Crippen molar-refractivity contribution in [1.29, 1.82) is 0 Å². The van der Waals surface area contributed by atoms with Gasteiger partial charge in [0.2, 0.25) is 5.91 Å². The van der Waals surface area contributed by atoms with Crippen LogP contribution in [0.3, 0.4) is 0 Å². The summed E-state index contributed by atoms with van der Waals surface area (Å²) in [6, 6.07) is 25.4. The number of hydrazone groups is 1. The lowest BCUT2D eigenvalue weighted by Crippen LogP contribution is -2.48. The Morgan fingerprint density at radius 1 is 0.909 bits per heavy atom. The number of amides is 1. The molecule has 1 N–H and O–H groups in total. The number of nitrogens with zero attached hydrogens (tertiary/aromatic N) is 4. The Labute approximate surface area is 196 Å². The number of carbonyl (C=O) groups excluding carboxylic acids is 1. The molecule has 1 aliphatic heterocycles. The Morgan fingerprint density at radius 2 is 1.48 bits per heavy atom. The van der Waals surface area contributed by atoms with Crippen LogP contribution in [-0.2, 0) is 4.79 Å². The molecule has 0 unspecified atom stereocenters. The molecule has 3 aromatic rings. The average molecular weight is 442 g/mol. The standard InChI is InChI=1S/C27H31N5O/c1-22(23-12-15-28-16-13-23)29-30-26(33)14-17-31-18-20-32(21-19-31)27(24-8-4-2-5-9-24)25-10-6-3-7-11-25/h2-13,15-16,27H,14,17-21H2,1H3,(H,30,33). The SMILES string of the molecule is CC(=NNC(=O)CCN1CCN(C(c2ccccc2)c2ccccc2)CC1)c1ccncc1. The van der Waals surface area contributed by atoms with E-state index < -0.39 is 0 Å². The molecule has 2 heterocycles. The third kappa shape index (κ3) is 6.34. The number of benzene rings is 2. The fourth-order valence-corrected chi connectivity index (χ4v) is 4.25. The lowest BCUT2D eigenvalue weighted by atomic mass is 9.96. The molecular formula is C27H31N5O. The summed E-state index contributed by atoms with van der Waals surface area (Å²) in [4.78, 5) is 21.2. The molecule has 1 amide bonds. The maximum Gasteiger partial charge on any atom is 0.241 e. The van der Waals surface area contributed by atoms with Crippen molar-refractivity contribution in [3.8, 4) is 0 Å². The normalized spacial score (nSPS) is 15.5. The number of carbonyl (C=O) groups is 1. The van der Waals surface area contributed by atoms with Crippen molar-refractivity contribution < 1.29 is 4.79 Å². The summed E-state index contributed by atoms with van der Waals surface area (Å²) in [6.07, 6.45) is 3.87. The topological polar surface area (TPSA) is 60.8 Å². The van der Waals surface area contributed by atoms with Crippen LogP contribution in [0.15, 0.2) is 90.3 Å². The molecule has 1 aromatic heterocycles. The highest BCUT2D eigenvalue weighted by Gasteiger charge is 2.26. The maximum atomic E-state index is 12.3. The Balaban J connectivity index is 1.29. The minimum atomic E-state index is -0.0581. The second-order valence-electron chi connectivity index (χ2n) is 8.32. The summed E-state index contributed by atoms with van der Waals surface area (Å²) < 4.78 is 0. The van der Waals surface area contributed by atoms with Crippen molar-refractivity contribution in [1.82, 2.24) is 20.2 Å². The van der Waals surface area contributed by atoms with Crippen LogP contribution in [0, 0.1) is 0 Å². The summed E-state index contributed by atoms with van der Waals surface area (Å²) in [5.41, 5.74) is 7.04. The number of aromatic nitrogens is 1. The van der Waals surface area contributed by atoms with Gasteiger partial charge in [-0.3, -0.25) is 14.7 Å². The van der Waals surface area contributed by atoms with Crippen LogP contribution >= 0.6 is 0 Å². The molecule has 1 fully saturated rings. The van der Waals surface area contributed by atoms with Gasteiger partial charge >= 0.3 is 0 Å². The molecule has 6 heteroatoms. The van der Waals surface area contributed by atoms with Crippen molar-refractivity contribution in [2.75, 3.05) is 32.7 Å². The van der Waals surface area contributed by atoms with Gasteiger partial charge in [0.05, 0.1) is 11.8 Å². The molecule has 0 aliphatic carbocycles. The van der Waals surface area contributed by atoms with E-state index in [-0.39, 0.29) is 11.9 Å². The molecule has 170 valence electrons. The molecule has 0 atom stereocenters. The van der Waals surface area contributed by atoms with Crippen LogP contribution in [0.5, 0.6) is 0 Å². The number of piperazine rings is 1. The number of hydrogen-bond acceptors (Lipinski definition) is 5. The van der Waals surface area contributed by atoms with Gasteiger partial charge in [0.25, 0.3) is 0 Å². The minimum absolute atomic E-state index is 0.0581. The molecule has 1 saturated heterocycles. The van der Waals surface area contributed by atoms with Crippen LogP contribution in [0.2, 0.25) is 0 Å². The van der Waals surface area contributed by atoms with Crippen LogP contribution in [0.1, 0.15) is 36.1 Å². The highest BCUT2D eigenvalue weighted by molar-refractivity contribution is 5.99. The predicted octanol–water partition coefficient (Wildman–Crippen LogP) is 3.72. The summed E-state index contributed by atoms with van der Waals surface area (Å²) in [5.74, 6) is -0.0581. The molecule has 0 bridgehead atoms. The molecule has 2 aromatic carbocycles. The van der Waals surface area contributed by atoms with Gasteiger partial charge in [-0.05, 0) is 30.2 Å². The van der Waals surface area contributed by atoms with Gasteiger partial charge < -0.3 is 4.90 Å². The molecule has 6 nitrogen and oxygen atoms in total. The fraction of sp³-hybridized carbons (Fsp3) is 0.296. The first-order valence-electron chi connectivity index (χ1n) is 11.5. The maximum absolute atomic E-state index is 12.3. The van der Waals surface area contributed by atoms with E-state index in [1.54, 1.807) is 12.4 Å². The summed E-state index contributed by atoms with van der Waals surface area (Å²) in [7, 11) is 0. The third-order valence-corrected chi connectivity index (χ3v) is 6.10. The summed E-state index contributed by atoms with van der Waals surface area (Å²) in [6.45, 7) is 6.45. The lowest BCUT2D eigenvalue weighted by molar-refractivity contribution is -0.121. The van der Waals surface area contributed by atoms with Crippen molar-refractivity contribution >= 4 is 11.6 Å². The van der Waals surface area contributed by atoms with E-state index in [1.165, 1.54) is 11.1 Å². The van der Waals surface area contributed by atoms with Crippen molar-refractivity contribution in [2.45, 2.75) is 19.4 Å². The molecule has 0 saturated carbocycles. The van der Waals surface area contributed by atoms with Gasteiger partial charge in [-0.2, -0.15) is 5.10 Å². The predicted molar refractivity (Wildman–Crippen MR) is 132 cm³/mol. The Morgan fingerprint density at radius 3 is 2.06 bits per heavy atom. The lowest BCUT2D eigenvalue weighted by Gasteiger charge is -2.39. The monoisotopic (exact) mass is 441 g/mol. The third-order valence-electron chi connectivity index (χ3n) is 6.10. The Bertz CT molecular complexity index is 992. The van der Waals surface area contributed by atoms with Crippen LogP contribution in [0.4, 0.5) is 0 Å². The number of rotatable bonds is 8. The van der Waals surface area contributed by atoms with Crippen molar-refractivity contribution in [3.63, 3.8) is 0 Å². The van der Waals surface area contributed by atoms with E-state index in [9.17, 15) is 4.79 Å². The second kappa shape index (κ2) is 11.5. The highest BCUT2D eigenvalue weighted by Crippen LogP contribution is 2.29. The van der Waals surface area contributed by atoms with E-state index in [0.29, 0.717) is 6.42 Å². The summed E-state index contributed by atoms with van der Waals surface area (Å²) in [5, 5.41) is 4.22. The first-order valence-corrected chi connectivity index (χ1v) is 11.5. The molecule has 1 aliphatic rings. The van der Waals surface area contributed by atoms with E-state index in [2.05, 4.69) is 86.0 Å². The Hall–Kier alpha value is -3.35. The smallest absolute Gasteiger partial charge is 0.241 e. The van der Waals surface area contributed by atoms with Gasteiger partial charge in [-0.25, -0.2) is 5.43 Å². The van der Waals surface area contributed by atoms with Crippen LogP contribution in [0.25, 0.3) is 0 Å². The van der Waals surface area contributed by atoms with E-state index in [4.69, 9.17) is 0 Å². The van der Waals surface area contributed by atoms with E-state index in [1.807, 2.05) is 19.1 Å². The number of pyridine rings is 1. The number of nitrogens with one attached hydrogen (secondary N) is 1. The van der Waals surface area contributed by atoms with E-state index in [0.717, 1.165) is 44.0 Å². The quantitative estimate of drug-likeness (QED) is 0.428. The second-order valence-corrected chi connectivity index (χ2v) is 8.32. The molecule has 0 radical (unpaired) electrons. The van der Waals surface area contributed by atoms with Gasteiger partial charge in [0, 0.05) is 57.1 Å². The zero-order valence-electron chi connectivity index (χ0n) is 19.1. The minimum Gasteiger partial charge on any atom is -0.300 e. The van der Waals surface area contributed by atoms with Crippen LogP contribution in [-0.4, -0.2) is 59.1 Å². The van der Waals surface area contributed by atoms with E-state index >= 15 is 0 Å². The highest BCUT2D eigenvalue weighted by atomic mass is 16.2. The van der Waals surface area contributed by atoms with Gasteiger partial charge in [-0.1, -0.05) is 60.7 Å². The average Bonchev–Trinajstić information content (AvgIpc) is 2.89. The largest absolute Gasteiger partial charge is 0.300 e. The zero-order chi connectivity index (χ0) is 22.9. The zero-order valence-corrected chi connectivity index (χ0v) is 19.1. The molecule has 4 rings (SSSR count). The molecule has 33 heavy (non-hydrogen) atoms. The van der Waals surface area contributed by atoms with Gasteiger partial charge in [0.1, 0.15) is 0 Å². The fourth-order valence-electron chi connectivity index (χ4n) is 4.25. The first-order chi connectivity index (χ1) is 16.2. The first kappa shape index (κ1) is 22.8. The summed E-state index contributed by atoms with van der Waals surface area (Å²) >= 11 is 0.